The van der Waals surface area contributed by atoms with Crippen molar-refractivity contribution in [3.8, 4) is 11.1 Å². The van der Waals surface area contributed by atoms with Gasteiger partial charge in [-0.2, -0.15) is 13.2 Å². The van der Waals surface area contributed by atoms with E-state index in [2.05, 4.69) is 20.2 Å². The second kappa shape index (κ2) is 9.50. The molecule has 180 valence electrons. The molecule has 6 nitrogen and oxygen atoms in total. The Kier molecular flexibility index (Phi) is 6.25. The summed E-state index contributed by atoms with van der Waals surface area (Å²) in [6.07, 6.45) is 1.68. The van der Waals surface area contributed by atoms with Crippen molar-refractivity contribution in [3.63, 3.8) is 0 Å². The third-order valence-electron chi connectivity index (χ3n) is 6.10. The molecule has 1 aromatic carbocycles. The lowest BCUT2D eigenvalue weighted by atomic mass is 10.1. The van der Waals surface area contributed by atoms with Gasteiger partial charge in [0, 0.05) is 54.3 Å². The molecule has 0 bridgehead atoms. The first-order valence-electron chi connectivity index (χ1n) is 11.3. The van der Waals surface area contributed by atoms with Crippen molar-refractivity contribution in [1.29, 1.82) is 0 Å². The summed E-state index contributed by atoms with van der Waals surface area (Å²) in [5, 5.41) is 2.89. The maximum atomic E-state index is 12.8. The van der Waals surface area contributed by atoms with Gasteiger partial charge in [0.1, 0.15) is 5.82 Å². The van der Waals surface area contributed by atoms with Crippen molar-refractivity contribution in [1.82, 2.24) is 15.3 Å². The highest BCUT2D eigenvalue weighted by molar-refractivity contribution is 5.90. The van der Waals surface area contributed by atoms with Crippen LogP contribution in [0.5, 0.6) is 0 Å². The maximum absolute atomic E-state index is 12.8. The number of alkyl halides is 3. The third kappa shape index (κ3) is 5.19. The molecule has 0 radical (unpaired) electrons. The van der Waals surface area contributed by atoms with Gasteiger partial charge in [-0.15, -0.1) is 0 Å². The fourth-order valence-electron chi connectivity index (χ4n) is 4.20. The Morgan fingerprint density at radius 3 is 2.43 bits per heavy atom. The number of hydrogen-bond acceptors (Lipinski definition) is 5. The van der Waals surface area contributed by atoms with Crippen LogP contribution in [0, 0.1) is 0 Å². The van der Waals surface area contributed by atoms with Crippen LogP contribution in [0.15, 0.2) is 60.9 Å². The predicted molar refractivity (Wildman–Crippen MR) is 125 cm³/mol. The van der Waals surface area contributed by atoms with Crippen molar-refractivity contribution >= 4 is 17.4 Å². The lowest BCUT2D eigenvalue weighted by molar-refractivity contribution is -0.137. The first kappa shape index (κ1) is 23.0. The number of benzene rings is 1. The van der Waals surface area contributed by atoms with E-state index in [0.717, 1.165) is 53.4 Å². The number of anilines is 1. The third-order valence-corrected chi connectivity index (χ3v) is 6.10. The highest BCUT2D eigenvalue weighted by Crippen LogP contribution is 2.30. The van der Waals surface area contributed by atoms with Gasteiger partial charge in [0.2, 0.25) is 5.91 Å². The Balaban J connectivity index is 1.26. The van der Waals surface area contributed by atoms with E-state index in [1.165, 1.54) is 12.1 Å². The first-order chi connectivity index (χ1) is 16.9. The molecular formula is C26H23F3N4O2. The Morgan fingerprint density at radius 1 is 1.00 bits per heavy atom. The summed E-state index contributed by atoms with van der Waals surface area (Å²) in [4.78, 5) is 23.9. The van der Waals surface area contributed by atoms with Crippen LogP contribution in [-0.4, -0.2) is 42.2 Å². The van der Waals surface area contributed by atoms with Gasteiger partial charge in [0.25, 0.3) is 0 Å². The number of carbonyl (C=O) groups is 1. The number of halogens is 3. The Labute approximate surface area is 200 Å². The average Bonchev–Trinajstić information content (AvgIpc) is 3.26. The van der Waals surface area contributed by atoms with E-state index < -0.39 is 11.7 Å². The van der Waals surface area contributed by atoms with Crippen molar-refractivity contribution in [2.24, 2.45) is 0 Å². The summed E-state index contributed by atoms with van der Waals surface area (Å²) in [6.45, 7) is 3.01. The SMILES string of the molecule is O=C(Cc1ccc(C(F)(F)F)cc1)NC1=CCc2ncc(-c3ccc(N4CCOCC4)nc3)cc21. The lowest BCUT2D eigenvalue weighted by Gasteiger charge is -2.27. The highest BCUT2D eigenvalue weighted by Gasteiger charge is 2.30. The normalized spacial score (nSPS) is 15.5. The van der Waals surface area contributed by atoms with E-state index in [9.17, 15) is 18.0 Å². The van der Waals surface area contributed by atoms with E-state index in [0.29, 0.717) is 30.9 Å². The highest BCUT2D eigenvalue weighted by atomic mass is 19.4. The number of carbonyl (C=O) groups excluding carboxylic acids is 1. The van der Waals surface area contributed by atoms with Crippen LogP contribution in [0.2, 0.25) is 0 Å². The zero-order valence-corrected chi connectivity index (χ0v) is 18.8. The lowest BCUT2D eigenvalue weighted by Crippen LogP contribution is -2.36. The number of pyridine rings is 2. The van der Waals surface area contributed by atoms with Gasteiger partial charge < -0.3 is 15.0 Å². The van der Waals surface area contributed by atoms with Crippen molar-refractivity contribution in [3.05, 3.63) is 83.3 Å². The van der Waals surface area contributed by atoms with Crippen LogP contribution < -0.4 is 10.2 Å². The number of nitrogens with zero attached hydrogens (tertiary/aromatic N) is 3. The van der Waals surface area contributed by atoms with Crippen molar-refractivity contribution in [2.75, 3.05) is 31.2 Å². The molecule has 0 saturated carbocycles. The molecule has 2 aromatic heterocycles. The Bertz CT molecular complexity index is 1250. The molecule has 9 heteroatoms. The number of allylic oxidation sites excluding steroid dienone is 1. The summed E-state index contributed by atoms with van der Waals surface area (Å²) in [5.74, 6) is 0.605. The molecule has 5 rings (SSSR count). The molecule has 1 amide bonds. The Morgan fingerprint density at radius 2 is 1.74 bits per heavy atom. The molecule has 1 aliphatic carbocycles. The summed E-state index contributed by atoms with van der Waals surface area (Å²) in [7, 11) is 0. The monoisotopic (exact) mass is 480 g/mol. The van der Waals surface area contributed by atoms with Gasteiger partial charge in [-0.3, -0.25) is 9.78 Å². The number of ether oxygens (including phenoxy) is 1. The zero-order chi connectivity index (χ0) is 24.4. The molecule has 3 aromatic rings. The fraction of sp³-hybridized carbons (Fsp3) is 0.269. The maximum Gasteiger partial charge on any atom is 0.416 e. The minimum absolute atomic E-state index is 0.0230. The summed E-state index contributed by atoms with van der Waals surface area (Å²) in [5.41, 5.74) is 3.92. The molecule has 0 unspecified atom stereocenters. The molecule has 1 aliphatic heterocycles. The molecule has 1 N–H and O–H groups in total. The van der Waals surface area contributed by atoms with Gasteiger partial charge in [-0.05, 0) is 35.9 Å². The summed E-state index contributed by atoms with van der Waals surface area (Å²) in [6, 6.07) is 10.6. The molecule has 1 saturated heterocycles. The van der Waals surface area contributed by atoms with Crippen LogP contribution in [0.1, 0.15) is 22.4 Å². The second-order valence-corrected chi connectivity index (χ2v) is 8.46. The minimum Gasteiger partial charge on any atom is -0.378 e. The Hall–Kier alpha value is -3.72. The molecule has 0 spiro atoms. The van der Waals surface area contributed by atoms with Gasteiger partial charge in [0.05, 0.1) is 30.9 Å². The van der Waals surface area contributed by atoms with Gasteiger partial charge in [0.15, 0.2) is 0 Å². The second-order valence-electron chi connectivity index (χ2n) is 8.46. The van der Waals surface area contributed by atoms with Gasteiger partial charge in [-0.25, -0.2) is 4.98 Å². The molecule has 0 atom stereocenters. The van der Waals surface area contributed by atoms with E-state index in [-0.39, 0.29) is 12.3 Å². The van der Waals surface area contributed by atoms with Gasteiger partial charge in [-0.1, -0.05) is 18.2 Å². The van der Waals surface area contributed by atoms with Crippen LogP contribution in [-0.2, 0) is 28.5 Å². The van der Waals surface area contributed by atoms with Crippen LogP contribution in [0.3, 0.4) is 0 Å². The molecule has 2 aliphatic rings. The minimum atomic E-state index is -4.40. The van der Waals surface area contributed by atoms with Crippen molar-refractivity contribution in [2.45, 2.75) is 19.0 Å². The summed E-state index contributed by atoms with van der Waals surface area (Å²) < 4.78 is 43.6. The van der Waals surface area contributed by atoms with E-state index in [1.807, 2.05) is 30.5 Å². The van der Waals surface area contributed by atoms with Crippen LogP contribution in [0.4, 0.5) is 19.0 Å². The average molecular weight is 480 g/mol. The van der Waals surface area contributed by atoms with Gasteiger partial charge >= 0.3 is 6.18 Å². The zero-order valence-electron chi connectivity index (χ0n) is 18.8. The number of aromatic nitrogens is 2. The number of nitrogens with one attached hydrogen (secondary N) is 1. The molecule has 1 fully saturated rings. The molecule has 35 heavy (non-hydrogen) atoms. The number of amides is 1. The molecular weight excluding hydrogens is 457 g/mol. The smallest absolute Gasteiger partial charge is 0.378 e. The topological polar surface area (TPSA) is 67.4 Å². The number of morpholine rings is 1. The predicted octanol–water partition coefficient (Wildman–Crippen LogP) is 4.25. The fourth-order valence-corrected chi connectivity index (χ4v) is 4.20. The largest absolute Gasteiger partial charge is 0.416 e. The number of fused-ring (bicyclic) bond motifs is 1. The molecule has 3 heterocycles. The van der Waals surface area contributed by atoms with Crippen LogP contribution in [0.25, 0.3) is 16.8 Å². The first-order valence-corrected chi connectivity index (χ1v) is 11.3. The van der Waals surface area contributed by atoms with Crippen LogP contribution >= 0.6 is 0 Å². The number of rotatable bonds is 5. The van der Waals surface area contributed by atoms with Crippen molar-refractivity contribution < 1.29 is 22.7 Å². The van der Waals surface area contributed by atoms with E-state index in [1.54, 1.807) is 6.20 Å². The van der Waals surface area contributed by atoms with E-state index in [4.69, 9.17) is 4.74 Å². The standard InChI is InChI=1S/C26H23F3N4O2/c27-26(28,29)20-4-1-17(2-5-20)13-25(34)32-23-7-6-22-21(23)14-19(16-30-22)18-3-8-24(31-15-18)33-9-11-35-12-10-33/h1-5,7-8,14-16H,6,9-13H2,(H,32,34). The quantitative estimate of drug-likeness (QED) is 0.591. The number of hydrogen-bond donors (Lipinski definition) is 1. The summed E-state index contributed by atoms with van der Waals surface area (Å²) >= 11 is 0. The van der Waals surface area contributed by atoms with E-state index >= 15 is 0 Å².